The van der Waals surface area contributed by atoms with Crippen molar-refractivity contribution in [3.63, 3.8) is 0 Å². The number of aryl methyl sites for hydroxylation is 1. The predicted molar refractivity (Wildman–Crippen MR) is 128 cm³/mol. The van der Waals surface area contributed by atoms with Gasteiger partial charge in [0.2, 0.25) is 0 Å². The van der Waals surface area contributed by atoms with Gasteiger partial charge >= 0.3 is 0 Å². The van der Waals surface area contributed by atoms with E-state index in [0.29, 0.717) is 6.54 Å². The van der Waals surface area contributed by atoms with Crippen LogP contribution in [0.25, 0.3) is 0 Å². The third-order valence-electron chi connectivity index (χ3n) is 3.45. The third-order valence-corrected chi connectivity index (χ3v) is 3.45. The van der Waals surface area contributed by atoms with Crippen molar-refractivity contribution in [1.29, 1.82) is 5.41 Å². The van der Waals surface area contributed by atoms with Crippen LogP contribution >= 0.6 is 0 Å². The summed E-state index contributed by atoms with van der Waals surface area (Å²) in [6, 6.07) is 0. The van der Waals surface area contributed by atoms with Crippen LogP contribution in [0, 0.1) is 12.3 Å². The van der Waals surface area contributed by atoms with Gasteiger partial charge in [0, 0.05) is 18.1 Å². The molecule has 0 saturated heterocycles. The van der Waals surface area contributed by atoms with Gasteiger partial charge in [-0.2, -0.15) is 0 Å². The number of hydrazine groups is 1. The summed E-state index contributed by atoms with van der Waals surface area (Å²) in [6.07, 6.45) is 9.33. The van der Waals surface area contributed by atoms with Crippen molar-refractivity contribution in [1.82, 2.24) is 20.4 Å². The number of hydrogen-bond donors (Lipinski definition) is 3. The molecular weight excluding hydrogens is 381 g/mol. The van der Waals surface area contributed by atoms with Crippen LogP contribution in [-0.4, -0.2) is 40.7 Å². The predicted octanol–water partition coefficient (Wildman–Crippen LogP) is 5.01. The lowest BCUT2D eigenvalue weighted by Crippen LogP contribution is -2.34. The lowest BCUT2D eigenvalue weighted by molar-refractivity contribution is 0.578. The molecule has 1 aliphatic rings. The number of allylic oxidation sites excluding steroid dienone is 2. The van der Waals surface area contributed by atoms with E-state index < -0.39 is 6.67 Å². The molecule has 170 valence electrons. The van der Waals surface area contributed by atoms with E-state index in [2.05, 4.69) is 43.9 Å². The van der Waals surface area contributed by atoms with E-state index in [0.717, 1.165) is 36.7 Å². The Balaban J connectivity index is 0. The number of alkyl halides is 1. The Morgan fingerprint density at radius 3 is 2.43 bits per heavy atom. The summed E-state index contributed by atoms with van der Waals surface area (Å²) in [4.78, 5) is 13.3. The highest BCUT2D eigenvalue weighted by Crippen LogP contribution is 2.16. The minimum Gasteiger partial charge on any atom is -0.329 e. The summed E-state index contributed by atoms with van der Waals surface area (Å²) in [5, 5.41) is 6.37. The molecule has 3 N–H and O–H groups in total. The number of halogens is 1. The fourth-order valence-corrected chi connectivity index (χ4v) is 2.09. The minimum absolute atomic E-state index is 0.0880. The van der Waals surface area contributed by atoms with Gasteiger partial charge in [-0.15, -0.1) is 6.58 Å². The molecule has 0 aliphatic carbocycles. The van der Waals surface area contributed by atoms with Gasteiger partial charge in [-0.1, -0.05) is 33.3 Å². The molecule has 0 unspecified atom stereocenters. The molecule has 2 rings (SSSR count). The molecule has 0 atom stereocenters. The van der Waals surface area contributed by atoms with E-state index in [4.69, 9.17) is 5.41 Å². The summed E-state index contributed by atoms with van der Waals surface area (Å²) in [7, 11) is 0. The highest BCUT2D eigenvalue weighted by Gasteiger charge is 2.09. The van der Waals surface area contributed by atoms with E-state index in [1.807, 2.05) is 47.0 Å². The van der Waals surface area contributed by atoms with Crippen molar-refractivity contribution in [2.24, 2.45) is 9.98 Å². The topological polar surface area (TPSA) is 90.5 Å². The number of hydrogen-bond acceptors (Lipinski definition) is 6. The molecule has 8 heteroatoms. The number of nitrogens with one attached hydrogen (secondary N) is 3. The van der Waals surface area contributed by atoms with Gasteiger partial charge in [0.15, 0.2) is 0 Å². The normalized spacial score (nSPS) is 14.9. The van der Waals surface area contributed by atoms with Crippen LogP contribution in [0.5, 0.6) is 0 Å². The number of aliphatic imine (C=N–C) groups is 2. The summed E-state index contributed by atoms with van der Waals surface area (Å²) in [6.45, 7) is 17.6. The number of rotatable bonds is 5. The first kappa shape index (κ1) is 29.4. The molecular formula is C22H40FN7. The van der Waals surface area contributed by atoms with E-state index >= 15 is 0 Å². The molecule has 0 radical (unpaired) electrons. The number of aromatic nitrogens is 2. The Kier molecular flexibility index (Phi) is 19.2. The summed E-state index contributed by atoms with van der Waals surface area (Å²) in [5.74, 6) is 1.86. The van der Waals surface area contributed by atoms with E-state index in [9.17, 15) is 4.39 Å². The van der Waals surface area contributed by atoms with Crippen molar-refractivity contribution in [3.05, 3.63) is 42.1 Å². The maximum atomic E-state index is 10.9. The molecule has 0 bridgehead atoms. The van der Waals surface area contributed by atoms with Crippen LogP contribution in [0.4, 0.5) is 4.39 Å². The smallest absolute Gasteiger partial charge is 0.127 e. The number of imidazole rings is 1. The van der Waals surface area contributed by atoms with Crippen molar-refractivity contribution >= 4 is 17.9 Å². The maximum Gasteiger partial charge on any atom is 0.127 e. The molecule has 0 spiro atoms. The zero-order valence-electron chi connectivity index (χ0n) is 19.7. The van der Waals surface area contributed by atoms with Crippen LogP contribution in [0.2, 0.25) is 0 Å². The average molecular weight is 422 g/mol. The second-order valence-electron chi connectivity index (χ2n) is 6.15. The SMILES string of the molecule is C=CC.CC.CC(=N)CF.CCC/C1=C(\Cn2ccnc2C)N=CNNC(C)=NC1. The molecule has 1 aliphatic heterocycles. The number of nitrogens with zero attached hydrogens (tertiary/aromatic N) is 4. The zero-order chi connectivity index (χ0) is 23.4. The van der Waals surface area contributed by atoms with Crippen LogP contribution in [0.15, 0.2) is 46.3 Å². The van der Waals surface area contributed by atoms with Gasteiger partial charge < -0.3 is 9.98 Å². The Labute approximate surface area is 181 Å². The lowest BCUT2D eigenvalue weighted by Gasteiger charge is -2.11. The van der Waals surface area contributed by atoms with E-state index in [1.54, 1.807) is 12.4 Å². The summed E-state index contributed by atoms with van der Waals surface area (Å²) in [5.41, 5.74) is 8.34. The first-order valence-corrected chi connectivity index (χ1v) is 10.3. The molecule has 7 nitrogen and oxygen atoms in total. The fraction of sp³-hybridized carbons (Fsp3) is 0.545. The van der Waals surface area contributed by atoms with Crippen molar-refractivity contribution in [2.45, 2.75) is 67.9 Å². The van der Waals surface area contributed by atoms with Gasteiger partial charge in [-0.25, -0.2) is 14.4 Å². The summed E-state index contributed by atoms with van der Waals surface area (Å²) >= 11 is 0. The molecule has 30 heavy (non-hydrogen) atoms. The largest absolute Gasteiger partial charge is 0.329 e. The molecule has 0 amide bonds. The van der Waals surface area contributed by atoms with Crippen molar-refractivity contribution < 1.29 is 4.39 Å². The van der Waals surface area contributed by atoms with Gasteiger partial charge in [0.25, 0.3) is 0 Å². The second-order valence-corrected chi connectivity index (χ2v) is 6.15. The number of amidine groups is 1. The highest BCUT2D eigenvalue weighted by molar-refractivity contribution is 5.81. The molecule has 1 aromatic rings. The molecule has 2 heterocycles. The third kappa shape index (κ3) is 14.3. The van der Waals surface area contributed by atoms with Gasteiger partial charge in [-0.05, 0) is 39.7 Å². The van der Waals surface area contributed by atoms with Crippen LogP contribution in [0.3, 0.4) is 0 Å². The van der Waals surface area contributed by atoms with Gasteiger partial charge in [-0.3, -0.25) is 15.8 Å². The monoisotopic (exact) mass is 421 g/mol. The Bertz CT molecular complexity index is 687. The van der Waals surface area contributed by atoms with Crippen molar-refractivity contribution in [3.8, 4) is 0 Å². The lowest BCUT2D eigenvalue weighted by atomic mass is 10.1. The van der Waals surface area contributed by atoms with Crippen LogP contribution in [-0.2, 0) is 6.54 Å². The van der Waals surface area contributed by atoms with E-state index in [-0.39, 0.29) is 5.71 Å². The first-order valence-electron chi connectivity index (χ1n) is 10.3. The van der Waals surface area contributed by atoms with E-state index in [1.165, 1.54) is 12.5 Å². The Morgan fingerprint density at radius 1 is 1.37 bits per heavy atom. The van der Waals surface area contributed by atoms with Crippen molar-refractivity contribution in [2.75, 3.05) is 13.2 Å². The zero-order valence-corrected chi connectivity index (χ0v) is 19.7. The van der Waals surface area contributed by atoms with Crippen LogP contribution < -0.4 is 10.9 Å². The second kappa shape index (κ2) is 19.5. The maximum absolute atomic E-state index is 10.9. The summed E-state index contributed by atoms with van der Waals surface area (Å²) < 4.78 is 13.0. The van der Waals surface area contributed by atoms with Gasteiger partial charge in [0.05, 0.1) is 18.8 Å². The standard InChI is InChI=1S/C14H22N6.C3H6FN.C3H6.C2H6/c1-4-5-13-8-16-11(2)19-18-10-17-14(13)9-20-7-6-15-12(20)3;1-3(5)2-4;1-3-2;1-2/h6-7,10H,4-5,8-9H2,1-3H3,(H,16,19)(H,17,18);5H,2H2,1H3;3H,1H2,2H3;1-2H3/b14-13-;;;. The van der Waals surface area contributed by atoms with Crippen LogP contribution in [0.1, 0.15) is 60.2 Å². The Morgan fingerprint density at radius 2 is 1.97 bits per heavy atom. The molecule has 0 aromatic carbocycles. The fourth-order valence-electron chi connectivity index (χ4n) is 2.09. The molecule has 1 aromatic heterocycles. The minimum atomic E-state index is -0.611. The average Bonchev–Trinajstić information content (AvgIpc) is 3.16. The Hall–Kier alpha value is -2.77. The molecule has 0 fully saturated rings. The van der Waals surface area contributed by atoms with Gasteiger partial charge in [0.1, 0.15) is 24.7 Å². The molecule has 0 saturated carbocycles. The highest BCUT2D eigenvalue weighted by atomic mass is 19.1. The first-order chi connectivity index (χ1) is 14.4. The quantitative estimate of drug-likeness (QED) is 0.461.